The van der Waals surface area contributed by atoms with E-state index in [-0.39, 0.29) is 0 Å². The molecule has 3 heteroatoms. The number of phenolic OH excluding ortho intramolecular Hbond substituents is 1. The highest BCUT2D eigenvalue weighted by Crippen LogP contribution is 2.24. The lowest BCUT2D eigenvalue weighted by Gasteiger charge is -2.14. The maximum absolute atomic E-state index is 9.19. The second-order valence-electron chi connectivity index (χ2n) is 3.68. The largest absolute Gasteiger partial charge is 0.508 e. The van der Waals surface area contributed by atoms with Crippen molar-refractivity contribution in [2.24, 2.45) is 0 Å². The van der Waals surface area contributed by atoms with Gasteiger partial charge >= 0.3 is 0 Å². The summed E-state index contributed by atoms with van der Waals surface area (Å²) in [5.41, 5.74) is 2.77. The molecule has 0 heterocycles. The number of hydrogen-bond donors (Lipinski definition) is 2. The van der Waals surface area contributed by atoms with Crippen LogP contribution in [-0.4, -0.2) is 16.2 Å². The first-order chi connectivity index (χ1) is 7.09. The zero-order valence-electron chi connectivity index (χ0n) is 8.86. The van der Waals surface area contributed by atoms with Gasteiger partial charge in [0.15, 0.2) is 0 Å². The van der Waals surface area contributed by atoms with Gasteiger partial charge in [0, 0.05) is 6.92 Å². The molecule has 0 aliphatic heterocycles. The minimum atomic E-state index is -0.833. The van der Waals surface area contributed by atoms with E-state index < -0.39 is 5.97 Å². The summed E-state index contributed by atoms with van der Waals surface area (Å²) in [5.74, 6) is -0.425. The van der Waals surface area contributed by atoms with Gasteiger partial charge in [0.1, 0.15) is 5.75 Å². The highest BCUT2D eigenvalue weighted by Gasteiger charge is 2.08. The molecule has 1 aromatic carbocycles. The summed E-state index contributed by atoms with van der Waals surface area (Å²) < 4.78 is 0. The maximum atomic E-state index is 9.19. The predicted molar refractivity (Wildman–Crippen MR) is 58.1 cm³/mol. The van der Waals surface area contributed by atoms with Crippen LogP contribution in [-0.2, 0) is 17.6 Å². The zero-order chi connectivity index (χ0) is 11.3. The van der Waals surface area contributed by atoms with Crippen molar-refractivity contribution in [3.63, 3.8) is 0 Å². The van der Waals surface area contributed by atoms with Crippen LogP contribution >= 0.6 is 0 Å². The Morgan fingerprint density at radius 2 is 1.73 bits per heavy atom. The SMILES string of the molecule is CC(=O)O.Oc1ccc2c(c1)CCCC2. The Morgan fingerprint density at radius 3 is 2.33 bits per heavy atom. The number of carboxylic acid groups (broad SMARTS) is 1. The van der Waals surface area contributed by atoms with Crippen molar-refractivity contribution in [2.45, 2.75) is 32.6 Å². The van der Waals surface area contributed by atoms with Crippen molar-refractivity contribution in [1.29, 1.82) is 0 Å². The summed E-state index contributed by atoms with van der Waals surface area (Å²) in [5, 5.41) is 16.6. The average Bonchev–Trinajstić information content (AvgIpc) is 2.16. The van der Waals surface area contributed by atoms with E-state index in [1.54, 1.807) is 6.07 Å². The minimum Gasteiger partial charge on any atom is -0.508 e. The Labute approximate surface area is 89.4 Å². The molecule has 0 fully saturated rings. The van der Waals surface area contributed by atoms with Gasteiger partial charge in [0.05, 0.1) is 0 Å². The predicted octanol–water partition coefficient (Wildman–Crippen LogP) is 2.36. The molecule has 0 bridgehead atoms. The fourth-order valence-electron chi connectivity index (χ4n) is 1.72. The third kappa shape index (κ3) is 4.02. The van der Waals surface area contributed by atoms with Crippen LogP contribution in [0.25, 0.3) is 0 Å². The first-order valence-electron chi connectivity index (χ1n) is 5.10. The maximum Gasteiger partial charge on any atom is 0.300 e. The molecule has 0 saturated carbocycles. The average molecular weight is 208 g/mol. The summed E-state index contributed by atoms with van der Waals surface area (Å²) >= 11 is 0. The number of rotatable bonds is 0. The van der Waals surface area contributed by atoms with Gasteiger partial charge in [-0.1, -0.05) is 6.07 Å². The fraction of sp³-hybridized carbons (Fsp3) is 0.417. The van der Waals surface area contributed by atoms with Crippen molar-refractivity contribution in [1.82, 2.24) is 0 Å². The molecule has 1 aliphatic carbocycles. The number of hydrogen-bond acceptors (Lipinski definition) is 2. The third-order valence-corrected chi connectivity index (χ3v) is 2.33. The monoisotopic (exact) mass is 208 g/mol. The lowest BCUT2D eigenvalue weighted by Crippen LogP contribution is -2.01. The summed E-state index contributed by atoms with van der Waals surface area (Å²) in [4.78, 5) is 9.00. The van der Waals surface area contributed by atoms with Gasteiger partial charge in [-0.3, -0.25) is 4.79 Å². The first-order valence-corrected chi connectivity index (χ1v) is 5.10. The molecule has 2 N–H and O–H groups in total. The van der Waals surface area contributed by atoms with E-state index in [4.69, 9.17) is 9.90 Å². The Morgan fingerprint density at radius 1 is 1.20 bits per heavy atom. The molecular weight excluding hydrogens is 192 g/mol. The van der Waals surface area contributed by atoms with Gasteiger partial charge in [-0.05, 0) is 48.9 Å². The van der Waals surface area contributed by atoms with E-state index in [1.165, 1.54) is 30.4 Å². The van der Waals surface area contributed by atoms with E-state index >= 15 is 0 Å². The van der Waals surface area contributed by atoms with E-state index in [1.807, 2.05) is 12.1 Å². The second-order valence-corrected chi connectivity index (χ2v) is 3.68. The minimum absolute atomic E-state index is 0.408. The normalized spacial score (nSPS) is 13.4. The standard InChI is InChI=1S/C10H12O.C2H4O2/c11-10-6-5-8-3-1-2-4-9(8)7-10;1-2(3)4/h5-7,11H,1-4H2;1H3,(H,3,4). The van der Waals surface area contributed by atoms with Crippen molar-refractivity contribution in [3.05, 3.63) is 29.3 Å². The number of benzene rings is 1. The molecule has 3 nitrogen and oxygen atoms in total. The molecule has 2 rings (SSSR count). The number of aryl methyl sites for hydroxylation is 2. The lowest BCUT2D eigenvalue weighted by molar-refractivity contribution is -0.134. The molecule has 1 aromatic rings. The Hall–Kier alpha value is -1.51. The third-order valence-electron chi connectivity index (χ3n) is 2.33. The van der Waals surface area contributed by atoms with Crippen molar-refractivity contribution in [2.75, 3.05) is 0 Å². The van der Waals surface area contributed by atoms with E-state index in [0.29, 0.717) is 5.75 Å². The molecule has 0 amide bonds. The molecule has 0 spiro atoms. The summed E-state index contributed by atoms with van der Waals surface area (Å²) in [6.45, 7) is 1.08. The molecule has 0 atom stereocenters. The van der Waals surface area contributed by atoms with Crippen LogP contribution in [0.3, 0.4) is 0 Å². The van der Waals surface area contributed by atoms with Crippen LogP contribution in [0.1, 0.15) is 30.9 Å². The highest BCUT2D eigenvalue weighted by atomic mass is 16.4. The second kappa shape index (κ2) is 5.39. The fourth-order valence-corrected chi connectivity index (χ4v) is 1.72. The number of phenols is 1. The molecular formula is C12H16O3. The number of aliphatic carboxylic acids is 1. The number of aromatic hydroxyl groups is 1. The quantitative estimate of drug-likeness (QED) is 0.688. The smallest absolute Gasteiger partial charge is 0.300 e. The van der Waals surface area contributed by atoms with Gasteiger partial charge in [-0.25, -0.2) is 0 Å². The molecule has 15 heavy (non-hydrogen) atoms. The van der Waals surface area contributed by atoms with Crippen LogP contribution < -0.4 is 0 Å². The summed E-state index contributed by atoms with van der Waals surface area (Å²) in [7, 11) is 0. The van der Waals surface area contributed by atoms with Gasteiger partial charge in [-0.15, -0.1) is 0 Å². The topological polar surface area (TPSA) is 57.5 Å². The molecule has 82 valence electrons. The Bertz CT molecular complexity index is 341. The van der Waals surface area contributed by atoms with Crippen molar-refractivity contribution < 1.29 is 15.0 Å². The van der Waals surface area contributed by atoms with Gasteiger partial charge in [0.2, 0.25) is 0 Å². The molecule has 0 radical (unpaired) electrons. The zero-order valence-corrected chi connectivity index (χ0v) is 8.86. The lowest BCUT2D eigenvalue weighted by atomic mass is 9.92. The molecule has 0 saturated heterocycles. The first kappa shape index (κ1) is 11.6. The molecule has 0 unspecified atom stereocenters. The van der Waals surface area contributed by atoms with Crippen LogP contribution in [0.4, 0.5) is 0 Å². The highest BCUT2D eigenvalue weighted by molar-refractivity contribution is 5.62. The van der Waals surface area contributed by atoms with Crippen LogP contribution in [0.2, 0.25) is 0 Å². The Balaban J connectivity index is 0.000000245. The molecule has 0 aromatic heterocycles. The van der Waals surface area contributed by atoms with Gasteiger partial charge in [-0.2, -0.15) is 0 Å². The van der Waals surface area contributed by atoms with E-state index in [2.05, 4.69) is 0 Å². The van der Waals surface area contributed by atoms with Gasteiger partial charge in [0.25, 0.3) is 5.97 Å². The number of carboxylic acids is 1. The van der Waals surface area contributed by atoms with Crippen LogP contribution in [0.5, 0.6) is 5.75 Å². The molecule has 1 aliphatic rings. The van der Waals surface area contributed by atoms with Crippen molar-refractivity contribution >= 4 is 5.97 Å². The van der Waals surface area contributed by atoms with Crippen LogP contribution in [0.15, 0.2) is 18.2 Å². The number of fused-ring (bicyclic) bond motifs is 1. The summed E-state index contributed by atoms with van der Waals surface area (Å²) in [6, 6.07) is 5.72. The van der Waals surface area contributed by atoms with Crippen molar-refractivity contribution in [3.8, 4) is 5.75 Å². The number of carbonyl (C=O) groups is 1. The Kier molecular flexibility index (Phi) is 4.16. The summed E-state index contributed by atoms with van der Waals surface area (Å²) in [6.07, 6.45) is 4.91. The van der Waals surface area contributed by atoms with Crippen LogP contribution in [0, 0.1) is 0 Å². The van der Waals surface area contributed by atoms with Gasteiger partial charge < -0.3 is 10.2 Å². The van der Waals surface area contributed by atoms with E-state index in [9.17, 15) is 5.11 Å². The van der Waals surface area contributed by atoms with E-state index in [0.717, 1.165) is 13.3 Å².